The Hall–Kier alpha value is -1.36. The summed E-state index contributed by atoms with van der Waals surface area (Å²) in [5.74, 6) is 0.776. The van der Waals surface area contributed by atoms with Gasteiger partial charge in [0.1, 0.15) is 5.54 Å². The summed E-state index contributed by atoms with van der Waals surface area (Å²) in [6, 6.07) is 0. The van der Waals surface area contributed by atoms with E-state index in [1.54, 1.807) is 0 Å². The van der Waals surface area contributed by atoms with Gasteiger partial charge in [-0.1, -0.05) is 26.8 Å². The summed E-state index contributed by atoms with van der Waals surface area (Å²) in [6.07, 6.45) is 3.32. The third-order valence-corrected chi connectivity index (χ3v) is 5.13. The fraction of sp³-hybridized carbons (Fsp3) is 0.778. The highest BCUT2D eigenvalue weighted by atomic mass is 16.2. The van der Waals surface area contributed by atoms with Gasteiger partial charge in [-0.15, -0.1) is 6.58 Å². The number of allylic oxidation sites excluding steroid dienone is 1. The highest BCUT2D eigenvalue weighted by Crippen LogP contribution is 2.48. The Morgan fingerprint density at radius 1 is 1.35 bits per heavy atom. The topological polar surface area (TPSA) is 70.2 Å². The van der Waals surface area contributed by atoms with Gasteiger partial charge in [0, 0.05) is 13.5 Å². The molecular formula is C18H31N3O2. The van der Waals surface area contributed by atoms with Crippen LogP contribution in [-0.2, 0) is 9.59 Å². The minimum absolute atomic E-state index is 0.0110. The van der Waals surface area contributed by atoms with E-state index >= 15 is 0 Å². The van der Waals surface area contributed by atoms with Gasteiger partial charge in [0.25, 0.3) is 0 Å². The van der Waals surface area contributed by atoms with Gasteiger partial charge in [0.05, 0.1) is 0 Å². The van der Waals surface area contributed by atoms with Crippen LogP contribution in [0.1, 0.15) is 40.5 Å². The highest BCUT2D eigenvalue weighted by molar-refractivity contribution is 5.92. The molecule has 0 aromatic carbocycles. The maximum Gasteiger partial charge on any atom is 0.246 e. The summed E-state index contributed by atoms with van der Waals surface area (Å²) in [6.45, 7) is 14.1. The minimum atomic E-state index is -0.803. The SMILES string of the molecule is C=CC[C@H]1[C@@H]2CNC[C@@H]2CC1(NC(C)=O)C(=O)NCC(C)(C)C. The monoisotopic (exact) mass is 321 g/mol. The van der Waals surface area contributed by atoms with Crippen molar-refractivity contribution in [2.45, 2.75) is 46.1 Å². The highest BCUT2D eigenvalue weighted by Gasteiger charge is 2.58. The Labute approximate surface area is 139 Å². The van der Waals surface area contributed by atoms with Crippen molar-refractivity contribution >= 4 is 11.8 Å². The van der Waals surface area contributed by atoms with E-state index in [4.69, 9.17) is 0 Å². The van der Waals surface area contributed by atoms with Crippen LogP contribution >= 0.6 is 0 Å². The van der Waals surface area contributed by atoms with Crippen molar-refractivity contribution in [3.63, 3.8) is 0 Å². The summed E-state index contributed by atoms with van der Waals surface area (Å²) >= 11 is 0. The number of hydrogen-bond donors (Lipinski definition) is 3. The number of carbonyl (C=O) groups excluding carboxylic acids is 2. The Kier molecular flexibility index (Phi) is 5.19. The molecule has 2 aliphatic rings. The molecule has 1 saturated heterocycles. The van der Waals surface area contributed by atoms with Crippen LogP contribution in [0.25, 0.3) is 0 Å². The van der Waals surface area contributed by atoms with Gasteiger partial charge in [0.15, 0.2) is 0 Å². The molecule has 5 heteroatoms. The Bertz CT molecular complexity index is 483. The van der Waals surface area contributed by atoms with Crippen LogP contribution in [0.5, 0.6) is 0 Å². The Morgan fingerprint density at radius 3 is 2.61 bits per heavy atom. The molecule has 1 aliphatic heterocycles. The number of carbonyl (C=O) groups is 2. The second-order valence-corrected chi connectivity index (χ2v) is 8.31. The van der Waals surface area contributed by atoms with E-state index < -0.39 is 5.54 Å². The second-order valence-electron chi connectivity index (χ2n) is 8.31. The quantitative estimate of drug-likeness (QED) is 0.671. The molecule has 23 heavy (non-hydrogen) atoms. The van der Waals surface area contributed by atoms with Crippen LogP contribution in [0.4, 0.5) is 0 Å². The third-order valence-electron chi connectivity index (χ3n) is 5.13. The molecule has 0 aromatic rings. The number of nitrogens with one attached hydrogen (secondary N) is 3. The van der Waals surface area contributed by atoms with Crippen LogP contribution in [0, 0.1) is 23.2 Å². The van der Waals surface area contributed by atoms with Crippen molar-refractivity contribution in [2.75, 3.05) is 19.6 Å². The summed E-state index contributed by atoms with van der Waals surface area (Å²) in [7, 11) is 0. The molecule has 5 nitrogen and oxygen atoms in total. The van der Waals surface area contributed by atoms with E-state index in [1.165, 1.54) is 6.92 Å². The van der Waals surface area contributed by atoms with E-state index in [1.807, 2.05) is 6.08 Å². The van der Waals surface area contributed by atoms with Crippen LogP contribution in [-0.4, -0.2) is 37.0 Å². The van der Waals surface area contributed by atoms with Gasteiger partial charge < -0.3 is 16.0 Å². The van der Waals surface area contributed by atoms with Crippen molar-refractivity contribution in [3.8, 4) is 0 Å². The van der Waals surface area contributed by atoms with Crippen LogP contribution in [0.15, 0.2) is 12.7 Å². The van der Waals surface area contributed by atoms with Crippen LogP contribution < -0.4 is 16.0 Å². The molecule has 1 aliphatic carbocycles. The maximum atomic E-state index is 13.1. The molecule has 1 heterocycles. The first-order chi connectivity index (χ1) is 10.7. The van der Waals surface area contributed by atoms with E-state index in [-0.39, 0.29) is 23.1 Å². The van der Waals surface area contributed by atoms with Crippen molar-refractivity contribution < 1.29 is 9.59 Å². The van der Waals surface area contributed by atoms with E-state index in [0.717, 1.165) is 19.5 Å². The average molecular weight is 321 g/mol. The van der Waals surface area contributed by atoms with Gasteiger partial charge in [0.2, 0.25) is 11.8 Å². The third kappa shape index (κ3) is 3.77. The van der Waals surface area contributed by atoms with Gasteiger partial charge in [-0.3, -0.25) is 9.59 Å². The first-order valence-electron chi connectivity index (χ1n) is 8.58. The molecule has 2 amide bonds. The lowest BCUT2D eigenvalue weighted by atomic mass is 9.79. The van der Waals surface area contributed by atoms with Crippen molar-refractivity contribution in [2.24, 2.45) is 23.2 Å². The Morgan fingerprint density at radius 2 is 2.04 bits per heavy atom. The average Bonchev–Trinajstić information content (AvgIpc) is 2.97. The first-order valence-corrected chi connectivity index (χ1v) is 8.58. The van der Waals surface area contributed by atoms with Crippen molar-refractivity contribution in [3.05, 3.63) is 12.7 Å². The normalized spacial score (nSPS) is 33.1. The van der Waals surface area contributed by atoms with E-state index in [0.29, 0.717) is 24.8 Å². The molecule has 0 bridgehead atoms. The predicted octanol–water partition coefficient (Wildman–Crippen LogP) is 1.46. The zero-order valence-corrected chi connectivity index (χ0v) is 14.9. The summed E-state index contributed by atoms with van der Waals surface area (Å²) < 4.78 is 0. The number of rotatable bonds is 5. The molecule has 2 fully saturated rings. The molecule has 0 spiro atoms. The first kappa shape index (κ1) is 18.0. The molecule has 0 aromatic heterocycles. The lowest BCUT2D eigenvalue weighted by Crippen LogP contribution is -2.62. The zero-order chi connectivity index (χ0) is 17.3. The molecule has 3 N–H and O–H groups in total. The van der Waals surface area contributed by atoms with Crippen LogP contribution in [0.3, 0.4) is 0 Å². The fourth-order valence-electron chi connectivity index (χ4n) is 4.21. The minimum Gasteiger partial charge on any atom is -0.354 e. The van der Waals surface area contributed by atoms with Crippen LogP contribution in [0.2, 0.25) is 0 Å². The molecule has 4 atom stereocenters. The largest absolute Gasteiger partial charge is 0.354 e. The molecular weight excluding hydrogens is 290 g/mol. The molecule has 0 radical (unpaired) electrons. The lowest BCUT2D eigenvalue weighted by Gasteiger charge is -2.37. The number of fused-ring (bicyclic) bond motifs is 1. The summed E-state index contributed by atoms with van der Waals surface area (Å²) in [4.78, 5) is 24.9. The number of hydrogen-bond acceptors (Lipinski definition) is 3. The van der Waals surface area contributed by atoms with Crippen molar-refractivity contribution in [1.82, 2.24) is 16.0 Å². The maximum absolute atomic E-state index is 13.1. The molecule has 2 rings (SSSR count). The van der Waals surface area contributed by atoms with Gasteiger partial charge in [-0.25, -0.2) is 0 Å². The lowest BCUT2D eigenvalue weighted by molar-refractivity contribution is -0.135. The van der Waals surface area contributed by atoms with E-state index in [9.17, 15) is 9.59 Å². The molecule has 1 saturated carbocycles. The van der Waals surface area contributed by atoms with Gasteiger partial charge >= 0.3 is 0 Å². The molecule has 130 valence electrons. The van der Waals surface area contributed by atoms with E-state index in [2.05, 4.69) is 43.3 Å². The molecule has 1 unspecified atom stereocenters. The predicted molar refractivity (Wildman–Crippen MR) is 91.8 cm³/mol. The van der Waals surface area contributed by atoms with Gasteiger partial charge in [-0.2, -0.15) is 0 Å². The van der Waals surface area contributed by atoms with Gasteiger partial charge in [-0.05, 0) is 49.1 Å². The summed E-state index contributed by atoms with van der Waals surface area (Å²) in [5, 5.41) is 9.53. The standard InChI is InChI=1S/C18H31N3O2/c1-6-7-15-14-10-19-9-13(14)8-18(15,21-12(2)22)16(23)20-11-17(3,4)5/h6,13-15,19H,1,7-11H2,2-5H3,(H,20,23)(H,21,22)/t13-,14+,15-,18?/m0/s1. The van der Waals surface area contributed by atoms with Crippen molar-refractivity contribution in [1.29, 1.82) is 0 Å². The second kappa shape index (κ2) is 6.63. The summed E-state index contributed by atoms with van der Waals surface area (Å²) in [5.41, 5.74) is -0.792. The zero-order valence-electron chi connectivity index (χ0n) is 14.9. The Balaban J connectivity index is 2.28. The number of amides is 2. The smallest absolute Gasteiger partial charge is 0.246 e. The fourth-order valence-corrected chi connectivity index (χ4v) is 4.21.